The molecular weight excluding hydrogens is 397 g/mol. The SMILES string of the molecule is CCNC(=NCC(C)CO)NCCCOCC1CCOC1.I. The lowest BCUT2D eigenvalue weighted by Gasteiger charge is -2.13. The van der Waals surface area contributed by atoms with Crippen molar-refractivity contribution in [2.45, 2.75) is 26.7 Å². The minimum absolute atomic E-state index is 0. The second-order valence-electron chi connectivity index (χ2n) is 5.59. The summed E-state index contributed by atoms with van der Waals surface area (Å²) in [5.41, 5.74) is 0. The van der Waals surface area contributed by atoms with E-state index < -0.39 is 0 Å². The van der Waals surface area contributed by atoms with E-state index in [0.717, 1.165) is 58.3 Å². The highest BCUT2D eigenvalue weighted by Gasteiger charge is 2.15. The van der Waals surface area contributed by atoms with Crippen LogP contribution in [0.25, 0.3) is 0 Å². The van der Waals surface area contributed by atoms with E-state index in [0.29, 0.717) is 12.5 Å². The van der Waals surface area contributed by atoms with Crippen LogP contribution in [-0.2, 0) is 9.47 Å². The minimum Gasteiger partial charge on any atom is -0.396 e. The van der Waals surface area contributed by atoms with Gasteiger partial charge in [-0.15, -0.1) is 24.0 Å². The van der Waals surface area contributed by atoms with Gasteiger partial charge in [0, 0.05) is 45.4 Å². The molecule has 1 rings (SSSR count). The molecule has 2 unspecified atom stereocenters. The molecule has 1 fully saturated rings. The average Bonchev–Trinajstić information content (AvgIpc) is 3.01. The van der Waals surface area contributed by atoms with Crippen LogP contribution in [-0.4, -0.2) is 63.7 Å². The fourth-order valence-corrected chi connectivity index (χ4v) is 1.99. The lowest BCUT2D eigenvalue weighted by molar-refractivity contribution is 0.0888. The lowest BCUT2D eigenvalue weighted by atomic mass is 10.1. The molecule has 0 radical (unpaired) electrons. The third kappa shape index (κ3) is 10.6. The molecule has 0 saturated carbocycles. The summed E-state index contributed by atoms with van der Waals surface area (Å²) in [5, 5.41) is 15.5. The Kier molecular flexibility index (Phi) is 14.4. The van der Waals surface area contributed by atoms with Crippen LogP contribution in [0.2, 0.25) is 0 Å². The normalized spacial score (nSPS) is 19.6. The van der Waals surface area contributed by atoms with E-state index in [-0.39, 0.29) is 36.5 Å². The second-order valence-corrected chi connectivity index (χ2v) is 5.59. The van der Waals surface area contributed by atoms with Crippen LogP contribution in [0.3, 0.4) is 0 Å². The van der Waals surface area contributed by atoms with Crippen molar-refractivity contribution < 1.29 is 14.6 Å². The number of nitrogens with zero attached hydrogens (tertiary/aromatic N) is 1. The summed E-state index contributed by atoms with van der Waals surface area (Å²) in [5.74, 6) is 1.58. The number of aliphatic imine (C=N–C) groups is 1. The summed E-state index contributed by atoms with van der Waals surface area (Å²) in [7, 11) is 0. The Morgan fingerprint density at radius 3 is 2.91 bits per heavy atom. The van der Waals surface area contributed by atoms with E-state index in [1.165, 1.54) is 0 Å². The van der Waals surface area contributed by atoms with Crippen LogP contribution < -0.4 is 10.6 Å². The number of guanidine groups is 1. The van der Waals surface area contributed by atoms with Gasteiger partial charge < -0.3 is 25.2 Å². The van der Waals surface area contributed by atoms with Crippen molar-refractivity contribution in [2.75, 3.05) is 52.7 Å². The number of halogens is 1. The largest absolute Gasteiger partial charge is 0.396 e. The molecule has 0 aromatic carbocycles. The van der Waals surface area contributed by atoms with Gasteiger partial charge in [-0.1, -0.05) is 6.92 Å². The van der Waals surface area contributed by atoms with Crippen molar-refractivity contribution in [2.24, 2.45) is 16.8 Å². The summed E-state index contributed by atoms with van der Waals surface area (Å²) >= 11 is 0. The monoisotopic (exact) mass is 429 g/mol. The quantitative estimate of drug-likeness (QED) is 0.211. The maximum Gasteiger partial charge on any atom is 0.191 e. The molecule has 1 aliphatic heterocycles. The highest BCUT2D eigenvalue weighted by atomic mass is 127. The summed E-state index contributed by atoms with van der Waals surface area (Å²) < 4.78 is 11.0. The first-order valence-electron chi connectivity index (χ1n) is 8.04. The maximum absolute atomic E-state index is 9.01. The van der Waals surface area contributed by atoms with E-state index in [4.69, 9.17) is 14.6 Å². The number of aliphatic hydroxyl groups is 1. The van der Waals surface area contributed by atoms with Crippen LogP contribution >= 0.6 is 24.0 Å². The zero-order chi connectivity index (χ0) is 15.3. The van der Waals surface area contributed by atoms with Gasteiger partial charge in [-0.25, -0.2) is 0 Å². The standard InChI is InChI=1S/C15H31N3O3.HI/c1-3-16-15(18-9-13(2)10-19)17-6-4-7-20-11-14-5-8-21-12-14;/h13-14,19H,3-12H2,1-2H3,(H2,16,17,18);1H. The van der Waals surface area contributed by atoms with Crippen LogP contribution in [0.4, 0.5) is 0 Å². The number of hydrogen-bond acceptors (Lipinski definition) is 4. The summed E-state index contributed by atoms with van der Waals surface area (Å²) in [6, 6.07) is 0. The molecule has 0 aliphatic carbocycles. The molecule has 0 aromatic rings. The molecule has 0 aromatic heterocycles. The predicted molar refractivity (Wildman–Crippen MR) is 100 cm³/mol. The molecule has 3 N–H and O–H groups in total. The van der Waals surface area contributed by atoms with Crippen LogP contribution in [0.5, 0.6) is 0 Å². The van der Waals surface area contributed by atoms with Crippen molar-refractivity contribution >= 4 is 29.9 Å². The molecule has 6 nitrogen and oxygen atoms in total. The first-order chi connectivity index (χ1) is 10.3. The van der Waals surface area contributed by atoms with E-state index in [1.54, 1.807) is 0 Å². The molecule has 0 bridgehead atoms. The van der Waals surface area contributed by atoms with Gasteiger partial charge in [0.1, 0.15) is 0 Å². The number of rotatable bonds is 10. The third-order valence-corrected chi connectivity index (χ3v) is 3.35. The Balaban J connectivity index is 0.00000441. The van der Waals surface area contributed by atoms with Crippen LogP contribution in [0.15, 0.2) is 4.99 Å². The fourth-order valence-electron chi connectivity index (χ4n) is 1.99. The van der Waals surface area contributed by atoms with E-state index in [2.05, 4.69) is 15.6 Å². The first kappa shape index (κ1) is 21.9. The van der Waals surface area contributed by atoms with Crippen LogP contribution in [0, 0.1) is 11.8 Å². The summed E-state index contributed by atoms with van der Waals surface area (Å²) in [6.45, 7) is 9.78. The zero-order valence-corrected chi connectivity index (χ0v) is 16.2. The number of nitrogens with one attached hydrogen (secondary N) is 2. The van der Waals surface area contributed by atoms with Gasteiger partial charge in [-0.2, -0.15) is 0 Å². The lowest BCUT2D eigenvalue weighted by Crippen LogP contribution is -2.38. The summed E-state index contributed by atoms with van der Waals surface area (Å²) in [4.78, 5) is 4.44. The van der Waals surface area contributed by atoms with Crippen molar-refractivity contribution in [1.29, 1.82) is 0 Å². The van der Waals surface area contributed by atoms with Crippen LogP contribution in [0.1, 0.15) is 26.7 Å². The zero-order valence-electron chi connectivity index (χ0n) is 13.8. The minimum atomic E-state index is 0. The summed E-state index contributed by atoms with van der Waals surface area (Å²) in [6.07, 6.45) is 2.08. The van der Waals surface area contributed by atoms with Crippen molar-refractivity contribution in [3.8, 4) is 0 Å². The van der Waals surface area contributed by atoms with Gasteiger partial charge in [0.05, 0.1) is 13.2 Å². The van der Waals surface area contributed by atoms with Gasteiger partial charge >= 0.3 is 0 Å². The predicted octanol–water partition coefficient (Wildman–Crippen LogP) is 1.23. The van der Waals surface area contributed by atoms with Gasteiger partial charge in [0.25, 0.3) is 0 Å². The molecule has 0 spiro atoms. The Morgan fingerprint density at radius 1 is 1.45 bits per heavy atom. The highest BCUT2D eigenvalue weighted by molar-refractivity contribution is 14.0. The third-order valence-electron chi connectivity index (χ3n) is 3.35. The van der Waals surface area contributed by atoms with Gasteiger partial charge in [-0.3, -0.25) is 4.99 Å². The average molecular weight is 429 g/mol. The number of ether oxygens (including phenoxy) is 2. The molecule has 1 saturated heterocycles. The molecule has 1 heterocycles. The number of hydrogen-bond donors (Lipinski definition) is 3. The van der Waals surface area contributed by atoms with Gasteiger partial charge in [0.2, 0.25) is 0 Å². The smallest absolute Gasteiger partial charge is 0.191 e. The van der Waals surface area contributed by atoms with E-state index in [9.17, 15) is 0 Å². The highest BCUT2D eigenvalue weighted by Crippen LogP contribution is 2.12. The Morgan fingerprint density at radius 2 is 2.27 bits per heavy atom. The second kappa shape index (κ2) is 14.5. The van der Waals surface area contributed by atoms with E-state index >= 15 is 0 Å². The fraction of sp³-hybridized carbons (Fsp3) is 0.933. The van der Waals surface area contributed by atoms with Crippen molar-refractivity contribution in [1.82, 2.24) is 10.6 Å². The molecular formula is C15H32IN3O3. The Bertz CT molecular complexity index is 287. The molecule has 132 valence electrons. The molecule has 1 aliphatic rings. The molecule has 22 heavy (non-hydrogen) atoms. The molecule has 2 atom stereocenters. The van der Waals surface area contributed by atoms with Crippen molar-refractivity contribution in [3.63, 3.8) is 0 Å². The Labute approximate surface area is 151 Å². The topological polar surface area (TPSA) is 75.1 Å². The maximum atomic E-state index is 9.01. The molecule has 7 heteroatoms. The van der Waals surface area contributed by atoms with Gasteiger partial charge in [-0.05, 0) is 25.7 Å². The number of aliphatic hydroxyl groups excluding tert-OH is 1. The molecule has 0 amide bonds. The first-order valence-corrected chi connectivity index (χ1v) is 8.04. The van der Waals surface area contributed by atoms with Gasteiger partial charge in [0.15, 0.2) is 5.96 Å². The Hall–Kier alpha value is -0.120. The van der Waals surface area contributed by atoms with Crippen molar-refractivity contribution in [3.05, 3.63) is 0 Å². The van der Waals surface area contributed by atoms with E-state index in [1.807, 2.05) is 13.8 Å².